The molecule has 1 aromatic heterocycles. The van der Waals surface area contributed by atoms with Crippen molar-refractivity contribution in [2.75, 3.05) is 20.2 Å². The van der Waals surface area contributed by atoms with Crippen LogP contribution in [0.3, 0.4) is 0 Å². The van der Waals surface area contributed by atoms with Crippen molar-refractivity contribution in [3.63, 3.8) is 0 Å². The number of hydrogen-bond donors (Lipinski definition) is 2. The average Bonchev–Trinajstić information content (AvgIpc) is 3.03. The van der Waals surface area contributed by atoms with E-state index in [2.05, 4.69) is 10.0 Å². The van der Waals surface area contributed by atoms with Crippen molar-refractivity contribution >= 4 is 15.9 Å². The highest BCUT2D eigenvalue weighted by molar-refractivity contribution is 7.89. The van der Waals surface area contributed by atoms with Crippen molar-refractivity contribution in [3.05, 3.63) is 48.2 Å². The highest BCUT2D eigenvalue weighted by Crippen LogP contribution is 2.13. The minimum atomic E-state index is -3.69. The lowest BCUT2D eigenvalue weighted by molar-refractivity contribution is 0.0914. The van der Waals surface area contributed by atoms with Crippen LogP contribution < -0.4 is 14.8 Å². The number of carbonyl (C=O) groups is 1. The molecule has 0 unspecified atom stereocenters. The molecule has 0 radical (unpaired) electrons. The quantitative estimate of drug-likeness (QED) is 0.740. The summed E-state index contributed by atoms with van der Waals surface area (Å²) in [6.07, 6.45) is 0. The van der Waals surface area contributed by atoms with Crippen LogP contribution in [0.2, 0.25) is 0 Å². The largest absolute Gasteiger partial charge is 0.492 e. The van der Waals surface area contributed by atoms with Crippen LogP contribution in [0.4, 0.5) is 0 Å². The molecule has 0 bridgehead atoms. The molecule has 22 heavy (non-hydrogen) atoms. The standard InChI is InChI=1S/C14H16N2O5S/c1-15-22(18,19)13-8-7-12(21-13)14(17)16-9-10-20-11-5-3-2-4-6-11/h2-8,15H,9-10H2,1H3,(H,16,17). The van der Waals surface area contributed by atoms with Crippen LogP contribution in [0.1, 0.15) is 10.6 Å². The lowest BCUT2D eigenvalue weighted by atomic mass is 10.3. The minimum absolute atomic E-state index is 0.0754. The fourth-order valence-corrected chi connectivity index (χ4v) is 2.27. The van der Waals surface area contributed by atoms with E-state index >= 15 is 0 Å². The molecule has 7 nitrogen and oxygen atoms in total. The van der Waals surface area contributed by atoms with Crippen LogP contribution in [0.5, 0.6) is 5.75 Å². The summed E-state index contributed by atoms with van der Waals surface area (Å²) in [6.45, 7) is 0.556. The highest BCUT2D eigenvalue weighted by atomic mass is 32.2. The van der Waals surface area contributed by atoms with E-state index in [-0.39, 0.29) is 24.0 Å². The number of carbonyl (C=O) groups excluding carboxylic acids is 1. The van der Waals surface area contributed by atoms with Gasteiger partial charge in [-0.15, -0.1) is 0 Å². The molecule has 0 spiro atoms. The van der Waals surface area contributed by atoms with E-state index in [1.165, 1.54) is 19.2 Å². The number of amides is 1. The number of nitrogens with one attached hydrogen (secondary N) is 2. The summed E-state index contributed by atoms with van der Waals surface area (Å²) in [4.78, 5) is 11.8. The Bertz CT molecular complexity index is 725. The van der Waals surface area contributed by atoms with Crippen LogP contribution in [-0.2, 0) is 10.0 Å². The van der Waals surface area contributed by atoms with Crippen molar-refractivity contribution in [2.45, 2.75) is 5.09 Å². The first-order valence-corrected chi connectivity index (χ1v) is 8.00. The molecule has 1 amide bonds. The number of furan rings is 1. The van der Waals surface area contributed by atoms with E-state index < -0.39 is 15.9 Å². The van der Waals surface area contributed by atoms with Crippen LogP contribution in [-0.4, -0.2) is 34.5 Å². The summed E-state index contributed by atoms with van der Waals surface area (Å²) in [5.74, 6) is 0.125. The topological polar surface area (TPSA) is 97.6 Å². The molecule has 0 saturated heterocycles. The van der Waals surface area contributed by atoms with Gasteiger partial charge in [-0.25, -0.2) is 13.1 Å². The predicted octanol–water partition coefficient (Wildman–Crippen LogP) is 0.996. The summed E-state index contributed by atoms with van der Waals surface area (Å²) in [5.41, 5.74) is 0. The highest BCUT2D eigenvalue weighted by Gasteiger charge is 2.19. The van der Waals surface area contributed by atoms with E-state index in [9.17, 15) is 13.2 Å². The molecule has 8 heteroatoms. The van der Waals surface area contributed by atoms with Crippen LogP contribution in [0, 0.1) is 0 Å². The molecule has 0 fully saturated rings. The van der Waals surface area contributed by atoms with Gasteiger partial charge in [0.25, 0.3) is 15.9 Å². The van der Waals surface area contributed by atoms with Crippen molar-refractivity contribution in [2.24, 2.45) is 0 Å². The molecule has 1 heterocycles. The zero-order chi connectivity index (χ0) is 16.0. The molecule has 2 N–H and O–H groups in total. The van der Waals surface area contributed by atoms with Crippen molar-refractivity contribution in [3.8, 4) is 5.75 Å². The second-order valence-electron chi connectivity index (χ2n) is 4.24. The van der Waals surface area contributed by atoms with Gasteiger partial charge in [0.2, 0.25) is 5.09 Å². The second kappa shape index (κ2) is 7.10. The van der Waals surface area contributed by atoms with Gasteiger partial charge in [-0.3, -0.25) is 4.79 Å². The van der Waals surface area contributed by atoms with Gasteiger partial charge in [-0.1, -0.05) is 18.2 Å². The van der Waals surface area contributed by atoms with E-state index in [4.69, 9.17) is 9.15 Å². The third-order valence-corrected chi connectivity index (χ3v) is 4.02. The average molecular weight is 324 g/mol. The van der Waals surface area contributed by atoms with Gasteiger partial charge in [0.1, 0.15) is 12.4 Å². The second-order valence-corrected chi connectivity index (χ2v) is 6.06. The van der Waals surface area contributed by atoms with Gasteiger partial charge in [-0.05, 0) is 31.3 Å². The molecule has 0 atom stereocenters. The van der Waals surface area contributed by atoms with Gasteiger partial charge in [0.15, 0.2) is 5.76 Å². The summed E-state index contributed by atoms with van der Waals surface area (Å²) < 4.78 is 35.5. The Morgan fingerprint density at radius 3 is 2.59 bits per heavy atom. The molecular weight excluding hydrogens is 308 g/mol. The Labute approximate surface area is 128 Å². The van der Waals surface area contributed by atoms with Gasteiger partial charge in [0.05, 0.1) is 6.54 Å². The normalized spacial score (nSPS) is 11.1. The molecule has 1 aromatic carbocycles. The zero-order valence-corrected chi connectivity index (χ0v) is 12.7. The van der Waals surface area contributed by atoms with Gasteiger partial charge < -0.3 is 14.5 Å². The smallest absolute Gasteiger partial charge is 0.287 e. The summed E-state index contributed by atoms with van der Waals surface area (Å²) >= 11 is 0. The van der Waals surface area contributed by atoms with E-state index in [0.29, 0.717) is 5.75 Å². The van der Waals surface area contributed by atoms with Crippen LogP contribution in [0.15, 0.2) is 52.0 Å². The number of hydrogen-bond acceptors (Lipinski definition) is 5. The van der Waals surface area contributed by atoms with E-state index in [1.807, 2.05) is 30.3 Å². The Morgan fingerprint density at radius 2 is 1.91 bits per heavy atom. The third kappa shape index (κ3) is 4.09. The molecule has 118 valence electrons. The van der Waals surface area contributed by atoms with Crippen molar-refractivity contribution in [1.82, 2.24) is 10.0 Å². The number of rotatable bonds is 7. The Hall–Kier alpha value is -2.32. The fourth-order valence-electron chi connectivity index (χ4n) is 1.62. The van der Waals surface area contributed by atoms with Gasteiger partial charge in [0, 0.05) is 0 Å². The number of para-hydroxylation sites is 1. The monoisotopic (exact) mass is 324 g/mol. The first-order chi connectivity index (χ1) is 10.5. The Balaban J connectivity index is 1.83. The number of sulfonamides is 1. The molecular formula is C14H16N2O5S. The van der Waals surface area contributed by atoms with E-state index in [1.54, 1.807) is 0 Å². The zero-order valence-electron chi connectivity index (χ0n) is 11.9. The predicted molar refractivity (Wildman–Crippen MR) is 79.2 cm³/mol. The lowest BCUT2D eigenvalue weighted by Crippen LogP contribution is -2.27. The van der Waals surface area contributed by atoms with Crippen LogP contribution >= 0.6 is 0 Å². The lowest BCUT2D eigenvalue weighted by Gasteiger charge is -2.06. The molecule has 0 aliphatic rings. The molecule has 2 rings (SSSR count). The van der Waals surface area contributed by atoms with Crippen molar-refractivity contribution < 1.29 is 22.4 Å². The third-order valence-electron chi connectivity index (χ3n) is 2.74. The fraction of sp³-hybridized carbons (Fsp3) is 0.214. The summed E-state index contributed by atoms with van der Waals surface area (Å²) in [5, 5.41) is 2.27. The first kappa shape index (κ1) is 16.1. The van der Waals surface area contributed by atoms with Gasteiger partial charge in [-0.2, -0.15) is 0 Å². The molecule has 2 aromatic rings. The molecule has 0 aliphatic heterocycles. The Morgan fingerprint density at radius 1 is 1.18 bits per heavy atom. The minimum Gasteiger partial charge on any atom is -0.492 e. The summed E-state index contributed by atoms with van der Waals surface area (Å²) in [7, 11) is -2.43. The van der Waals surface area contributed by atoms with E-state index in [0.717, 1.165) is 0 Å². The number of ether oxygens (including phenoxy) is 1. The maximum atomic E-state index is 11.8. The molecule has 0 saturated carbocycles. The van der Waals surface area contributed by atoms with Gasteiger partial charge >= 0.3 is 0 Å². The summed E-state index contributed by atoms with van der Waals surface area (Å²) in [6, 6.07) is 11.7. The molecule has 0 aliphatic carbocycles. The number of benzene rings is 1. The Kier molecular flexibility index (Phi) is 5.18. The maximum Gasteiger partial charge on any atom is 0.287 e. The van der Waals surface area contributed by atoms with Crippen LogP contribution in [0.25, 0.3) is 0 Å². The SMILES string of the molecule is CNS(=O)(=O)c1ccc(C(=O)NCCOc2ccccc2)o1. The maximum absolute atomic E-state index is 11.8. The first-order valence-electron chi connectivity index (χ1n) is 6.52. The van der Waals surface area contributed by atoms with Crippen molar-refractivity contribution in [1.29, 1.82) is 0 Å².